The number of anilines is 1. The van der Waals surface area contributed by atoms with Crippen LogP contribution in [-0.4, -0.2) is 29.7 Å². The van der Waals surface area contributed by atoms with Crippen LogP contribution < -0.4 is 14.8 Å². The number of methoxy groups -OCH3 is 2. The first kappa shape index (κ1) is 10.0. The first-order valence-corrected chi connectivity index (χ1v) is 4.90. The van der Waals surface area contributed by atoms with E-state index in [-0.39, 0.29) is 5.54 Å². The maximum Gasteiger partial charge on any atom is 0.229 e. The van der Waals surface area contributed by atoms with Crippen molar-refractivity contribution in [2.75, 3.05) is 19.5 Å². The number of nitrogens with one attached hydrogen (secondary N) is 1. The lowest BCUT2D eigenvalue weighted by Crippen LogP contribution is -2.18. The van der Waals surface area contributed by atoms with Crippen LogP contribution in [0.4, 0.5) is 5.95 Å². The van der Waals surface area contributed by atoms with Crippen molar-refractivity contribution in [2.24, 2.45) is 0 Å². The van der Waals surface area contributed by atoms with Gasteiger partial charge in [-0.05, 0) is 19.8 Å². The molecule has 0 saturated heterocycles. The smallest absolute Gasteiger partial charge is 0.229 e. The van der Waals surface area contributed by atoms with Gasteiger partial charge in [0.25, 0.3) is 0 Å². The van der Waals surface area contributed by atoms with Crippen molar-refractivity contribution < 1.29 is 9.47 Å². The first-order valence-electron chi connectivity index (χ1n) is 4.90. The van der Waals surface area contributed by atoms with Crippen molar-refractivity contribution in [1.82, 2.24) is 9.97 Å². The summed E-state index contributed by atoms with van der Waals surface area (Å²) in [5, 5.41) is 3.26. The molecule has 0 atom stereocenters. The Morgan fingerprint density at radius 2 is 1.73 bits per heavy atom. The van der Waals surface area contributed by atoms with Gasteiger partial charge in [0.05, 0.1) is 20.3 Å². The summed E-state index contributed by atoms with van der Waals surface area (Å²) in [7, 11) is 3.15. The highest BCUT2D eigenvalue weighted by molar-refractivity contribution is 5.38. The van der Waals surface area contributed by atoms with E-state index in [0.29, 0.717) is 17.7 Å². The molecule has 82 valence electrons. The first-order chi connectivity index (χ1) is 7.15. The summed E-state index contributed by atoms with van der Waals surface area (Å²) in [5.41, 5.74) is 0.150. The summed E-state index contributed by atoms with van der Waals surface area (Å²) in [5.74, 6) is 1.58. The lowest BCUT2D eigenvalue weighted by molar-refractivity contribution is 0.372. The Balaban J connectivity index is 2.21. The standard InChI is InChI=1S/C10H15N3O2/c1-10(4-5-10)13-9-11-7(14-2)6-8(12-9)15-3/h6H,4-5H2,1-3H3,(H,11,12,13). The lowest BCUT2D eigenvalue weighted by atomic mass is 10.3. The van der Waals surface area contributed by atoms with Gasteiger partial charge in [-0.15, -0.1) is 0 Å². The van der Waals surface area contributed by atoms with Crippen molar-refractivity contribution >= 4 is 5.95 Å². The minimum absolute atomic E-state index is 0.150. The van der Waals surface area contributed by atoms with E-state index in [0.717, 1.165) is 12.8 Å². The molecule has 0 amide bonds. The zero-order valence-corrected chi connectivity index (χ0v) is 9.20. The van der Waals surface area contributed by atoms with Crippen molar-refractivity contribution in [1.29, 1.82) is 0 Å². The van der Waals surface area contributed by atoms with E-state index >= 15 is 0 Å². The molecule has 0 radical (unpaired) electrons. The van der Waals surface area contributed by atoms with E-state index in [4.69, 9.17) is 9.47 Å². The molecule has 1 heterocycles. The predicted molar refractivity (Wildman–Crippen MR) is 56.4 cm³/mol. The van der Waals surface area contributed by atoms with Crippen molar-refractivity contribution in [3.63, 3.8) is 0 Å². The summed E-state index contributed by atoms with van der Waals surface area (Å²) in [6.45, 7) is 2.14. The fraction of sp³-hybridized carbons (Fsp3) is 0.600. The van der Waals surface area contributed by atoms with E-state index in [1.807, 2.05) is 0 Å². The SMILES string of the molecule is COc1cc(OC)nc(NC2(C)CC2)n1. The Morgan fingerprint density at radius 3 is 2.13 bits per heavy atom. The van der Waals surface area contributed by atoms with Gasteiger partial charge in [0, 0.05) is 5.54 Å². The average molecular weight is 209 g/mol. The summed E-state index contributed by atoms with van der Waals surface area (Å²) in [6.07, 6.45) is 2.30. The number of nitrogens with zero attached hydrogens (tertiary/aromatic N) is 2. The highest BCUT2D eigenvalue weighted by Crippen LogP contribution is 2.37. The second-order valence-electron chi connectivity index (χ2n) is 3.96. The normalized spacial score (nSPS) is 17.0. The van der Waals surface area contributed by atoms with E-state index in [1.54, 1.807) is 20.3 Å². The molecule has 5 nitrogen and oxygen atoms in total. The van der Waals surface area contributed by atoms with Crippen molar-refractivity contribution in [3.8, 4) is 11.8 Å². The zero-order chi connectivity index (χ0) is 10.9. The molecule has 2 rings (SSSR count). The zero-order valence-electron chi connectivity index (χ0n) is 9.20. The molecule has 1 N–H and O–H groups in total. The van der Waals surface area contributed by atoms with E-state index < -0.39 is 0 Å². The number of hydrogen-bond acceptors (Lipinski definition) is 5. The maximum atomic E-state index is 5.06. The molecule has 1 aliphatic carbocycles. The Bertz CT molecular complexity index is 341. The van der Waals surface area contributed by atoms with Gasteiger partial charge in [-0.25, -0.2) is 0 Å². The number of rotatable bonds is 4. The fourth-order valence-electron chi connectivity index (χ4n) is 1.25. The van der Waals surface area contributed by atoms with Crippen LogP contribution >= 0.6 is 0 Å². The van der Waals surface area contributed by atoms with Crippen LogP contribution in [0.15, 0.2) is 6.07 Å². The molecule has 5 heteroatoms. The van der Waals surface area contributed by atoms with Crippen LogP contribution in [-0.2, 0) is 0 Å². The summed E-state index contributed by atoms with van der Waals surface area (Å²) in [4.78, 5) is 8.40. The van der Waals surface area contributed by atoms with Gasteiger partial charge in [0.1, 0.15) is 0 Å². The van der Waals surface area contributed by atoms with Crippen LogP contribution in [0, 0.1) is 0 Å². The minimum Gasteiger partial charge on any atom is -0.481 e. The van der Waals surface area contributed by atoms with Crippen LogP contribution in [0.25, 0.3) is 0 Å². The van der Waals surface area contributed by atoms with E-state index in [2.05, 4.69) is 22.2 Å². The van der Waals surface area contributed by atoms with Gasteiger partial charge in [-0.3, -0.25) is 0 Å². The highest BCUT2D eigenvalue weighted by atomic mass is 16.5. The van der Waals surface area contributed by atoms with Gasteiger partial charge in [-0.1, -0.05) is 0 Å². The molecular formula is C10H15N3O2. The van der Waals surface area contributed by atoms with Gasteiger partial charge in [0.15, 0.2) is 0 Å². The van der Waals surface area contributed by atoms with Gasteiger partial charge in [0.2, 0.25) is 17.7 Å². The van der Waals surface area contributed by atoms with Crippen LogP contribution in [0.1, 0.15) is 19.8 Å². The third kappa shape index (κ3) is 2.29. The van der Waals surface area contributed by atoms with Gasteiger partial charge in [-0.2, -0.15) is 9.97 Å². The lowest BCUT2D eigenvalue weighted by Gasteiger charge is -2.12. The topological polar surface area (TPSA) is 56.3 Å². The molecule has 15 heavy (non-hydrogen) atoms. The van der Waals surface area contributed by atoms with Crippen LogP contribution in [0.5, 0.6) is 11.8 Å². The Kier molecular flexibility index (Phi) is 2.38. The molecular weight excluding hydrogens is 194 g/mol. The third-order valence-corrected chi connectivity index (χ3v) is 2.51. The molecule has 0 aliphatic heterocycles. The fourth-order valence-corrected chi connectivity index (χ4v) is 1.25. The molecule has 1 aromatic heterocycles. The van der Waals surface area contributed by atoms with E-state index in [1.165, 1.54) is 0 Å². The molecule has 0 spiro atoms. The number of hydrogen-bond donors (Lipinski definition) is 1. The average Bonchev–Trinajstić information content (AvgIpc) is 2.95. The summed E-state index contributed by atoms with van der Waals surface area (Å²) in [6, 6.07) is 1.65. The van der Waals surface area contributed by atoms with Crippen LogP contribution in [0.2, 0.25) is 0 Å². The Morgan fingerprint density at radius 1 is 1.20 bits per heavy atom. The van der Waals surface area contributed by atoms with E-state index in [9.17, 15) is 0 Å². The highest BCUT2D eigenvalue weighted by Gasteiger charge is 2.38. The third-order valence-electron chi connectivity index (χ3n) is 2.51. The molecule has 0 aromatic carbocycles. The van der Waals surface area contributed by atoms with Crippen LogP contribution in [0.3, 0.4) is 0 Å². The van der Waals surface area contributed by atoms with Crippen molar-refractivity contribution in [2.45, 2.75) is 25.3 Å². The monoisotopic (exact) mass is 209 g/mol. The van der Waals surface area contributed by atoms with Gasteiger partial charge < -0.3 is 14.8 Å². The Hall–Kier alpha value is -1.52. The largest absolute Gasteiger partial charge is 0.481 e. The number of ether oxygens (including phenoxy) is 2. The molecule has 1 saturated carbocycles. The summed E-state index contributed by atoms with van der Waals surface area (Å²) < 4.78 is 10.1. The number of aromatic nitrogens is 2. The molecule has 1 aromatic rings. The molecule has 1 aliphatic rings. The molecule has 0 bridgehead atoms. The predicted octanol–water partition coefficient (Wildman–Crippen LogP) is 1.46. The van der Waals surface area contributed by atoms with Crippen molar-refractivity contribution in [3.05, 3.63) is 6.07 Å². The summed E-state index contributed by atoms with van der Waals surface area (Å²) >= 11 is 0. The molecule has 1 fully saturated rings. The van der Waals surface area contributed by atoms with Gasteiger partial charge >= 0.3 is 0 Å². The second-order valence-corrected chi connectivity index (χ2v) is 3.96. The second kappa shape index (κ2) is 3.56. The quantitative estimate of drug-likeness (QED) is 0.813. The maximum absolute atomic E-state index is 5.06. The molecule has 0 unspecified atom stereocenters. The minimum atomic E-state index is 0.150. The Labute approximate surface area is 88.8 Å².